The van der Waals surface area contributed by atoms with Crippen LogP contribution in [0.25, 0.3) is 6.08 Å². The second kappa shape index (κ2) is 9.36. The zero-order chi connectivity index (χ0) is 22.7. The van der Waals surface area contributed by atoms with Crippen LogP contribution in [-0.2, 0) is 9.53 Å². The van der Waals surface area contributed by atoms with Crippen molar-refractivity contribution in [1.82, 2.24) is 4.57 Å². The molecule has 1 atom stereocenters. The molecule has 0 saturated heterocycles. The van der Waals surface area contributed by atoms with Crippen molar-refractivity contribution in [3.63, 3.8) is 0 Å². The normalized spacial score (nSPS) is 15.8. The summed E-state index contributed by atoms with van der Waals surface area (Å²) >= 11 is 1.31. The van der Waals surface area contributed by atoms with Gasteiger partial charge in [-0.05, 0) is 50.1 Å². The van der Waals surface area contributed by atoms with Crippen molar-refractivity contribution in [2.75, 3.05) is 13.2 Å². The summed E-state index contributed by atoms with van der Waals surface area (Å²) in [7, 11) is 0. The van der Waals surface area contributed by atoms with E-state index in [9.17, 15) is 9.59 Å². The van der Waals surface area contributed by atoms with Gasteiger partial charge in [-0.15, -0.1) is 0 Å². The Hall–Kier alpha value is -3.45. The maximum Gasteiger partial charge on any atom is 0.338 e. The number of rotatable bonds is 6. The maximum atomic E-state index is 13.5. The number of carbonyl (C=O) groups excluding carboxylic acids is 1. The monoisotopic (exact) mass is 448 g/mol. The van der Waals surface area contributed by atoms with Crippen LogP contribution in [0.2, 0.25) is 0 Å². The molecule has 4 rings (SSSR count). The van der Waals surface area contributed by atoms with Crippen molar-refractivity contribution in [2.24, 2.45) is 4.99 Å². The number of hydrogen-bond acceptors (Lipinski definition) is 6. The van der Waals surface area contributed by atoms with Gasteiger partial charge in [0.1, 0.15) is 5.75 Å². The zero-order valence-electron chi connectivity index (χ0n) is 18.2. The standard InChI is InChI=1S/C25H24N2O4S/c1-4-30-19-13-9-10-17(14-19)15-20-23(28)27-22(18-11-7-6-8-12-18)21(24(29)31-5-2)16(3)26-25(27)32-20/h6-15,22H,4-5H2,1-3H3/b20-15-. The second-order valence-corrected chi connectivity index (χ2v) is 8.23. The number of aromatic nitrogens is 1. The highest BCUT2D eigenvalue weighted by molar-refractivity contribution is 7.07. The number of carbonyl (C=O) groups is 1. The van der Waals surface area contributed by atoms with Crippen molar-refractivity contribution < 1.29 is 14.3 Å². The summed E-state index contributed by atoms with van der Waals surface area (Å²) in [5, 5.41) is 0. The van der Waals surface area contributed by atoms with Crippen LogP contribution in [0.1, 0.15) is 37.9 Å². The molecule has 0 bridgehead atoms. The van der Waals surface area contributed by atoms with Gasteiger partial charge < -0.3 is 9.47 Å². The first-order chi connectivity index (χ1) is 15.5. The molecule has 2 heterocycles. The highest BCUT2D eigenvalue weighted by atomic mass is 32.1. The quantitative estimate of drug-likeness (QED) is 0.543. The van der Waals surface area contributed by atoms with E-state index in [1.165, 1.54) is 11.3 Å². The first-order valence-electron chi connectivity index (χ1n) is 10.5. The molecule has 0 spiro atoms. The van der Waals surface area contributed by atoms with Crippen molar-refractivity contribution in [3.8, 4) is 5.75 Å². The summed E-state index contributed by atoms with van der Waals surface area (Å²) in [6.45, 7) is 6.29. The summed E-state index contributed by atoms with van der Waals surface area (Å²) in [6, 6.07) is 16.5. The molecule has 0 radical (unpaired) electrons. The summed E-state index contributed by atoms with van der Waals surface area (Å²) in [5.41, 5.74) is 2.44. The van der Waals surface area contributed by atoms with Crippen LogP contribution >= 0.6 is 11.3 Å². The Bertz CT molecular complexity index is 1350. The van der Waals surface area contributed by atoms with Crippen LogP contribution in [0, 0.1) is 0 Å². The van der Waals surface area contributed by atoms with Crippen LogP contribution in [0.15, 0.2) is 75.7 Å². The predicted octanol–water partition coefficient (Wildman–Crippen LogP) is 3.20. The lowest BCUT2D eigenvalue weighted by Gasteiger charge is -2.24. The molecule has 164 valence electrons. The van der Waals surface area contributed by atoms with Gasteiger partial charge in [0.25, 0.3) is 5.56 Å². The van der Waals surface area contributed by atoms with Crippen molar-refractivity contribution in [1.29, 1.82) is 0 Å². The number of allylic oxidation sites excluding steroid dienone is 1. The van der Waals surface area contributed by atoms with Crippen LogP contribution in [0.5, 0.6) is 5.75 Å². The van der Waals surface area contributed by atoms with E-state index >= 15 is 0 Å². The van der Waals surface area contributed by atoms with E-state index in [1.807, 2.05) is 67.6 Å². The average molecular weight is 449 g/mol. The first kappa shape index (κ1) is 21.8. The van der Waals surface area contributed by atoms with Crippen LogP contribution in [0.3, 0.4) is 0 Å². The molecule has 7 heteroatoms. The predicted molar refractivity (Wildman–Crippen MR) is 124 cm³/mol. The SMILES string of the molecule is CCOC(=O)C1=C(C)N=c2s/c(=C\c3cccc(OCC)c3)c(=O)n2C1c1ccccc1. The van der Waals surface area contributed by atoms with E-state index in [2.05, 4.69) is 4.99 Å². The topological polar surface area (TPSA) is 69.9 Å². The molecule has 1 aliphatic rings. The van der Waals surface area contributed by atoms with E-state index in [1.54, 1.807) is 18.4 Å². The Morgan fingerprint density at radius 2 is 1.91 bits per heavy atom. The molecule has 2 aromatic carbocycles. The molecule has 0 fully saturated rings. The van der Waals surface area contributed by atoms with Gasteiger partial charge in [-0.25, -0.2) is 9.79 Å². The van der Waals surface area contributed by atoms with Gasteiger partial charge in [0.15, 0.2) is 4.80 Å². The molecule has 0 aliphatic carbocycles. The number of fused-ring (bicyclic) bond motifs is 1. The molecule has 1 aromatic heterocycles. The third kappa shape index (κ3) is 4.16. The van der Waals surface area contributed by atoms with Crippen LogP contribution in [0.4, 0.5) is 0 Å². The summed E-state index contributed by atoms with van der Waals surface area (Å²) in [4.78, 5) is 31.5. The van der Waals surface area contributed by atoms with Gasteiger partial charge in [-0.3, -0.25) is 9.36 Å². The van der Waals surface area contributed by atoms with E-state index < -0.39 is 12.0 Å². The van der Waals surface area contributed by atoms with Crippen LogP contribution < -0.4 is 19.6 Å². The Labute approximate surface area is 189 Å². The summed E-state index contributed by atoms with van der Waals surface area (Å²) < 4.78 is 13.0. The number of hydrogen-bond donors (Lipinski definition) is 0. The van der Waals surface area contributed by atoms with E-state index in [0.717, 1.165) is 16.9 Å². The minimum atomic E-state index is -0.594. The van der Waals surface area contributed by atoms with Gasteiger partial charge in [-0.2, -0.15) is 0 Å². The van der Waals surface area contributed by atoms with Gasteiger partial charge in [0, 0.05) is 0 Å². The highest BCUT2D eigenvalue weighted by Gasteiger charge is 2.33. The maximum absolute atomic E-state index is 13.5. The lowest BCUT2D eigenvalue weighted by molar-refractivity contribution is -0.139. The highest BCUT2D eigenvalue weighted by Crippen LogP contribution is 2.30. The average Bonchev–Trinajstić information content (AvgIpc) is 3.08. The third-order valence-electron chi connectivity index (χ3n) is 5.10. The molecular weight excluding hydrogens is 424 g/mol. The van der Waals surface area contributed by atoms with Crippen molar-refractivity contribution >= 4 is 23.4 Å². The zero-order valence-corrected chi connectivity index (χ0v) is 19.0. The third-order valence-corrected chi connectivity index (χ3v) is 6.08. The summed E-state index contributed by atoms with van der Waals surface area (Å²) in [6.07, 6.45) is 1.83. The fourth-order valence-corrected chi connectivity index (χ4v) is 4.80. The fraction of sp³-hybridized carbons (Fsp3) is 0.240. The van der Waals surface area contributed by atoms with Gasteiger partial charge in [0.05, 0.1) is 35.1 Å². The van der Waals surface area contributed by atoms with E-state index in [4.69, 9.17) is 9.47 Å². The second-order valence-electron chi connectivity index (χ2n) is 7.22. The lowest BCUT2D eigenvalue weighted by Crippen LogP contribution is -2.39. The lowest BCUT2D eigenvalue weighted by atomic mass is 9.96. The molecule has 1 unspecified atom stereocenters. The van der Waals surface area contributed by atoms with E-state index in [0.29, 0.717) is 27.2 Å². The van der Waals surface area contributed by atoms with Crippen molar-refractivity contribution in [2.45, 2.75) is 26.8 Å². The van der Waals surface area contributed by atoms with Gasteiger partial charge in [-0.1, -0.05) is 53.8 Å². The Balaban J connectivity index is 1.91. The number of ether oxygens (including phenoxy) is 2. The van der Waals surface area contributed by atoms with Gasteiger partial charge in [0.2, 0.25) is 0 Å². The van der Waals surface area contributed by atoms with E-state index in [-0.39, 0.29) is 12.2 Å². The minimum absolute atomic E-state index is 0.196. The molecular formula is C25H24N2O4S. The van der Waals surface area contributed by atoms with Crippen molar-refractivity contribution in [3.05, 3.63) is 96.7 Å². The Morgan fingerprint density at radius 3 is 2.62 bits per heavy atom. The Kier molecular flexibility index (Phi) is 6.37. The number of esters is 1. The number of benzene rings is 2. The molecule has 6 nitrogen and oxygen atoms in total. The minimum Gasteiger partial charge on any atom is -0.494 e. The molecule has 0 N–H and O–H groups in total. The first-order valence-corrected chi connectivity index (χ1v) is 11.3. The molecule has 0 amide bonds. The fourth-order valence-electron chi connectivity index (χ4n) is 3.75. The number of nitrogens with zero attached hydrogens (tertiary/aromatic N) is 2. The number of thiazole rings is 1. The molecule has 1 aliphatic heterocycles. The Morgan fingerprint density at radius 1 is 1.12 bits per heavy atom. The molecule has 0 saturated carbocycles. The largest absolute Gasteiger partial charge is 0.494 e. The van der Waals surface area contributed by atoms with Crippen LogP contribution in [-0.4, -0.2) is 23.8 Å². The van der Waals surface area contributed by atoms with Gasteiger partial charge >= 0.3 is 5.97 Å². The molecule has 32 heavy (non-hydrogen) atoms. The summed E-state index contributed by atoms with van der Waals surface area (Å²) in [5.74, 6) is 0.290. The smallest absolute Gasteiger partial charge is 0.338 e. The molecule has 3 aromatic rings.